The third kappa shape index (κ3) is 3.42. The monoisotopic (exact) mass is 279 g/mol. The lowest BCUT2D eigenvalue weighted by Gasteiger charge is -2.18. The van der Waals surface area contributed by atoms with E-state index in [1.165, 1.54) is 0 Å². The molecule has 1 aromatic rings. The summed E-state index contributed by atoms with van der Waals surface area (Å²) in [6, 6.07) is 3.58. The highest BCUT2D eigenvalue weighted by Crippen LogP contribution is 2.35. The number of carboxylic acid groups (broad SMARTS) is 1. The number of carbonyl (C=O) groups is 1. The Labute approximate surface area is 118 Å². The molecule has 3 N–H and O–H groups in total. The molecule has 0 aromatic heterocycles. The molecule has 1 aromatic carbocycles. The van der Waals surface area contributed by atoms with Gasteiger partial charge >= 0.3 is 5.97 Å². The number of hydrogen-bond acceptors (Lipinski definition) is 4. The van der Waals surface area contributed by atoms with Gasteiger partial charge in [-0.25, -0.2) is 0 Å². The van der Waals surface area contributed by atoms with Crippen molar-refractivity contribution in [1.29, 1.82) is 0 Å². The predicted molar refractivity (Wildman–Crippen MR) is 75.2 cm³/mol. The van der Waals surface area contributed by atoms with Crippen molar-refractivity contribution in [1.82, 2.24) is 0 Å². The van der Waals surface area contributed by atoms with Crippen LogP contribution in [0.15, 0.2) is 12.1 Å². The first-order valence-electron chi connectivity index (χ1n) is 7.01. The Kier molecular flexibility index (Phi) is 4.84. The van der Waals surface area contributed by atoms with Crippen LogP contribution in [0.25, 0.3) is 0 Å². The first kappa shape index (κ1) is 14.7. The van der Waals surface area contributed by atoms with E-state index < -0.39 is 5.97 Å². The molecule has 0 bridgehead atoms. The van der Waals surface area contributed by atoms with Gasteiger partial charge in [0.05, 0.1) is 13.2 Å². The minimum atomic E-state index is -0.826. The van der Waals surface area contributed by atoms with Gasteiger partial charge in [0, 0.05) is 18.9 Å². The molecule has 0 radical (unpaired) electrons. The van der Waals surface area contributed by atoms with Crippen molar-refractivity contribution >= 4 is 5.97 Å². The van der Waals surface area contributed by atoms with Crippen LogP contribution in [0.2, 0.25) is 0 Å². The molecule has 1 atom stereocenters. The fourth-order valence-electron chi connectivity index (χ4n) is 2.35. The molecule has 0 saturated heterocycles. The lowest BCUT2D eigenvalue weighted by atomic mass is 9.95. The van der Waals surface area contributed by atoms with Crippen molar-refractivity contribution in [3.05, 3.63) is 23.3 Å². The second-order valence-corrected chi connectivity index (χ2v) is 4.94. The second-order valence-electron chi connectivity index (χ2n) is 4.94. The van der Waals surface area contributed by atoms with E-state index in [1.807, 2.05) is 19.1 Å². The van der Waals surface area contributed by atoms with Crippen LogP contribution < -0.4 is 15.2 Å². The Morgan fingerprint density at radius 3 is 2.60 bits per heavy atom. The van der Waals surface area contributed by atoms with E-state index in [2.05, 4.69) is 0 Å². The van der Waals surface area contributed by atoms with E-state index in [4.69, 9.17) is 20.3 Å². The fraction of sp³-hybridized carbons (Fsp3) is 0.533. The standard InChI is InChI=1S/C15H21NO4/c1-2-10-8-13-14(20-7-3-6-19-13)9-11(10)12(16)4-5-15(17)18/h8-9,12H,2-7,16H2,1H3,(H,17,18). The number of rotatable bonds is 5. The Balaban J connectivity index is 2.26. The van der Waals surface area contributed by atoms with Crippen LogP contribution >= 0.6 is 0 Å². The van der Waals surface area contributed by atoms with Crippen molar-refractivity contribution in [2.45, 2.75) is 38.6 Å². The van der Waals surface area contributed by atoms with Crippen LogP contribution in [0.1, 0.15) is 43.4 Å². The van der Waals surface area contributed by atoms with Crippen LogP contribution in [0.5, 0.6) is 11.5 Å². The zero-order valence-electron chi connectivity index (χ0n) is 11.7. The minimum absolute atomic E-state index is 0.0682. The SMILES string of the molecule is CCc1cc2c(cc1C(N)CCC(=O)O)OCCCO2. The maximum absolute atomic E-state index is 10.7. The van der Waals surface area contributed by atoms with Gasteiger partial charge in [-0.05, 0) is 36.1 Å². The lowest BCUT2D eigenvalue weighted by Crippen LogP contribution is -2.14. The highest BCUT2D eigenvalue weighted by molar-refractivity contribution is 5.66. The normalized spacial score (nSPS) is 15.5. The molecular weight excluding hydrogens is 258 g/mol. The molecule has 0 fully saturated rings. The number of aryl methyl sites for hydroxylation is 1. The lowest BCUT2D eigenvalue weighted by molar-refractivity contribution is -0.137. The molecule has 0 saturated carbocycles. The number of fused-ring (bicyclic) bond motifs is 1. The molecular formula is C15H21NO4. The smallest absolute Gasteiger partial charge is 0.303 e. The second kappa shape index (κ2) is 6.61. The highest BCUT2D eigenvalue weighted by atomic mass is 16.5. The first-order valence-corrected chi connectivity index (χ1v) is 7.01. The Morgan fingerprint density at radius 1 is 1.35 bits per heavy atom. The molecule has 1 unspecified atom stereocenters. The van der Waals surface area contributed by atoms with E-state index in [0.717, 1.165) is 29.7 Å². The van der Waals surface area contributed by atoms with Crippen LogP contribution in [0.3, 0.4) is 0 Å². The largest absolute Gasteiger partial charge is 0.490 e. The zero-order chi connectivity index (χ0) is 14.5. The quantitative estimate of drug-likeness (QED) is 0.864. The molecule has 1 aliphatic rings. The highest BCUT2D eigenvalue weighted by Gasteiger charge is 2.18. The number of benzene rings is 1. The van der Waals surface area contributed by atoms with Gasteiger partial charge in [-0.3, -0.25) is 4.79 Å². The van der Waals surface area contributed by atoms with Crippen molar-refractivity contribution in [3.8, 4) is 11.5 Å². The van der Waals surface area contributed by atoms with E-state index in [1.54, 1.807) is 0 Å². The van der Waals surface area contributed by atoms with E-state index in [9.17, 15) is 4.79 Å². The summed E-state index contributed by atoms with van der Waals surface area (Å²) >= 11 is 0. The Hall–Kier alpha value is -1.75. The van der Waals surface area contributed by atoms with Gasteiger partial charge < -0.3 is 20.3 Å². The average Bonchev–Trinajstić information content (AvgIpc) is 2.67. The summed E-state index contributed by atoms with van der Waals surface area (Å²) in [4.78, 5) is 10.7. The van der Waals surface area contributed by atoms with Crippen LogP contribution in [-0.4, -0.2) is 24.3 Å². The minimum Gasteiger partial charge on any atom is -0.490 e. The number of carboxylic acids is 1. The molecule has 5 nitrogen and oxygen atoms in total. The van der Waals surface area contributed by atoms with Gasteiger partial charge in [-0.1, -0.05) is 6.92 Å². The Bertz CT molecular complexity index is 487. The molecule has 0 spiro atoms. The van der Waals surface area contributed by atoms with Crippen molar-refractivity contribution < 1.29 is 19.4 Å². The van der Waals surface area contributed by atoms with Crippen LogP contribution in [0.4, 0.5) is 0 Å². The fourth-order valence-corrected chi connectivity index (χ4v) is 2.35. The third-order valence-electron chi connectivity index (χ3n) is 3.46. The number of ether oxygens (including phenoxy) is 2. The van der Waals surface area contributed by atoms with Gasteiger partial charge in [0.25, 0.3) is 0 Å². The van der Waals surface area contributed by atoms with Crippen LogP contribution in [0, 0.1) is 0 Å². The van der Waals surface area contributed by atoms with Gasteiger partial charge in [-0.2, -0.15) is 0 Å². The zero-order valence-corrected chi connectivity index (χ0v) is 11.7. The van der Waals surface area contributed by atoms with Crippen molar-refractivity contribution in [3.63, 3.8) is 0 Å². The van der Waals surface area contributed by atoms with E-state index >= 15 is 0 Å². The summed E-state index contributed by atoms with van der Waals surface area (Å²) in [6.45, 7) is 3.33. The van der Waals surface area contributed by atoms with Gasteiger partial charge in [0.1, 0.15) is 0 Å². The van der Waals surface area contributed by atoms with Gasteiger partial charge in [-0.15, -0.1) is 0 Å². The van der Waals surface area contributed by atoms with Crippen LogP contribution in [-0.2, 0) is 11.2 Å². The van der Waals surface area contributed by atoms with Gasteiger partial charge in [0.2, 0.25) is 0 Å². The summed E-state index contributed by atoms with van der Waals surface area (Å²) in [5, 5.41) is 8.76. The topological polar surface area (TPSA) is 81.8 Å². The maximum Gasteiger partial charge on any atom is 0.303 e. The summed E-state index contributed by atoms with van der Waals surface area (Å²) in [6.07, 6.45) is 2.17. The number of hydrogen-bond donors (Lipinski definition) is 2. The van der Waals surface area contributed by atoms with E-state index in [-0.39, 0.29) is 12.5 Å². The molecule has 2 rings (SSSR count). The first-order chi connectivity index (χ1) is 9.61. The van der Waals surface area contributed by atoms with Gasteiger partial charge in [0.15, 0.2) is 11.5 Å². The predicted octanol–water partition coefficient (Wildman–Crippen LogP) is 2.27. The molecule has 1 heterocycles. The number of aliphatic carboxylic acids is 1. The summed E-state index contributed by atoms with van der Waals surface area (Å²) in [7, 11) is 0. The van der Waals surface area contributed by atoms with Crippen molar-refractivity contribution in [2.24, 2.45) is 5.73 Å². The molecule has 110 valence electrons. The Morgan fingerprint density at radius 2 is 2.00 bits per heavy atom. The molecule has 20 heavy (non-hydrogen) atoms. The summed E-state index contributed by atoms with van der Waals surface area (Å²) < 4.78 is 11.3. The average molecular weight is 279 g/mol. The summed E-state index contributed by atoms with van der Waals surface area (Å²) in [5.41, 5.74) is 8.18. The van der Waals surface area contributed by atoms with Crippen molar-refractivity contribution in [2.75, 3.05) is 13.2 Å². The number of nitrogens with two attached hydrogens (primary N) is 1. The molecule has 0 aliphatic carbocycles. The molecule has 5 heteroatoms. The van der Waals surface area contributed by atoms with E-state index in [0.29, 0.717) is 25.4 Å². The third-order valence-corrected chi connectivity index (χ3v) is 3.46. The molecule has 0 amide bonds. The summed E-state index contributed by atoms with van der Waals surface area (Å²) in [5.74, 6) is 0.641. The maximum atomic E-state index is 10.7. The molecule has 1 aliphatic heterocycles.